The third-order valence-electron chi connectivity index (χ3n) is 3.36. The first-order chi connectivity index (χ1) is 11.0. The van der Waals surface area contributed by atoms with E-state index in [4.69, 9.17) is 4.42 Å². The number of nitro groups is 1. The van der Waals surface area contributed by atoms with Gasteiger partial charge in [-0.25, -0.2) is 14.8 Å². The molecular weight excluding hydrogens is 318 g/mol. The summed E-state index contributed by atoms with van der Waals surface area (Å²) in [5, 5.41) is 11.9. The molecular formula is C15H11N3O4S. The summed E-state index contributed by atoms with van der Waals surface area (Å²) in [6.45, 7) is 1.79. The number of nitro benzene ring substituents is 1. The third kappa shape index (κ3) is 2.80. The topological polar surface area (TPSA) is 99.1 Å². The molecule has 7 nitrogen and oxygen atoms in total. The maximum atomic E-state index is 12.2. The fourth-order valence-electron chi connectivity index (χ4n) is 2.18. The van der Waals surface area contributed by atoms with E-state index in [1.807, 2.05) is 6.26 Å². The Morgan fingerprint density at radius 3 is 2.78 bits per heavy atom. The molecule has 0 unspecified atom stereocenters. The highest BCUT2D eigenvalue weighted by Gasteiger charge is 2.14. The molecule has 0 spiro atoms. The molecule has 0 aliphatic carbocycles. The highest BCUT2D eigenvalue weighted by Crippen LogP contribution is 2.28. The maximum absolute atomic E-state index is 12.2. The molecule has 8 heteroatoms. The SMILES string of the molecule is CSc1ncc2cc(-c3cc([N+](=O)[O-])ccc3C)oc(=O)c2n1. The molecule has 3 rings (SSSR count). The fourth-order valence-corrected chi connectivity index (χ4v) is 2.52. The van der Waals surface area contributed by atoms with Crippen molar-refractivity contribution < 1.29 is 9.34 Å². The molecule has 2 aromatic heterocycles. The van der Waals surface area contributed by atoms with Crippen LogP contribution in [0.1, 0.15) is 5.56 Å². The van der Waals surface area contributed by atoms with Crippen molar-refractivity contribution in [2.75, 3.05) is 6.26 Å². The van der Waals surface area contributed by atoms with Gasteiger partial charge in [-0.15, -0.1) is 0 Å². The number of non-ortho nitro benzene ring substituents is 1. The van der Waals surface area contributed by atoms with Gasteiger partial charge in [0.1, 0.15) is 5.76 Å². The first-order valence-corrected chi connectivity index (χ1v) is 7.82. The molecule has 0 radical (unpaired) electrons. The summed E-state index contributed by atoms with van der Waals surface area (Å²) in [7, 11) is 0. The summed E-state index contributed by atoms with van der Waals surface area (Å²) in [5.41, 5.74) is 0.784. The van der Waals surface area contributed by atoms with Crippen LogP contribution in [0.15, 0.2) is 44.8 Å². The van der Waals surface area contributed by atoms with Crippen LogP contribution < -0.4 is 5.63 Å². The largest absolute Gasteiger partial charge is 0.421 e. The van der Waals surface area contributed by atoms with Crippen molar-refractivity contribution in [2.45, 2.75) is 12.1 Å². The van der Waals surface area contributed by atoms with E-state index in [2.05, 4.69) is 9.97 Å². The summed E-state index contributed by atoms with van der Waals surface area (Å²) in [6, 6.07) is 6.03. The van der Waals surface area contributed by atoms with Crippen LogP contribution in [-0.4, -0.2) is 21.1 Å². The number of benzene rings is 1. The van der Waals surface area contributed by atoms with Gasteiger partial charge in [0.05, 0.1) is 4.92 Å². The zero-order valence-corrected chi connectivity index (χ0v) is 13.1. The Balaban J connectivity index is 2.23. The van der Waals surface area contributed by atoms with Gasteiger partial charge in [-0.3, -0.25) is 10.1 Å². The molecule has 116 valence electrons. The number of nitrogens with zero attached hydrogens (tertiary/aromatic N) is 3. The monoisotopic (exact) mass is 329 g/mol. The highest BCUT2D eigenvalue weighted by atomic mass is 32.2. The highest BCUT2D eigenvalue weighted by molar-refractivity contribution is 7.98. The molecule has 1 aromatic carbocycles. The molecule has 23 heavy (non-hydrogen) atoms. The Kier molecular flexibility index (Phi) is 3.83. The molecule has 0 N–H and O–H groups in total. The van der Waals surface area contributed by atoms with Crippen molar-refractivity contribution in [3.8, 4) is 11.3 Å². The first kappa shape index (κ1) is 15.2. The average molecular weight is 329 g/mol. The van der Waals surface area contributed by atoms with Crippen LogP contribution >= 0.6 is 11.8 Å². The molecule has 0 fully saturated rings. The number of fused-ring (bicyclic) bond motifs is 1. The lowest BCUT2D eigenvalue weighted by atomic mass is 10.0. The van der Waals surface area contributed by atoms with Crippen molar-refractivity contribution >= 4 is 28.4 Å². The Hall–Kier alpha value is -2.74. The Bertz CT molecular complexity index is 984. The molecule has 0 aliphatic rings. The standard InChI is InChI=1S/C15H11N3O4S/c1-8-3-4-10(18(20)21)6-11(8)12-5-9-7-16-15(23-2)17-13(9)14(19)22-12/h3-7H,1-2H3. The van der Waals surface area contributed by atoms with E-state index in [-0.39, 0.29) is 17.0 Å². The van der Waals surface area contributed by atoms with E-state index >= 15 is 0 Å². The average Bonchev–Trinajstić information content (AvgIpc) is 2.54. The second-order valence-corrected chi connectivity index (χ2v) is 5.59. The van der Waals surface area contributed by atoms with Crippen LogP contribution in [0.3, 0.4) is 0 Å². The smallest absolute Gasteiger partial charge is 0.363 e. The van der Waals surface area contributed by atoms with E-state index in [0.29, 0.717) is 16.1 Å². The first-order valence-electron chi connectivity index (χ1n) is 6.60. The van der Waals surface area contributed by atoms with Gasteiger partial charge in [0.15, 0.2) is 10.7 Å². The Labute approximate surface area is 134 Å². The van der Waals surface area contributed by atoms with Gasteiger partial charge < -0.3 is 4.42 Å². The van der Waals surface area contributed by atoms with Crippen LogP contribution in [0.5, 0.6) is 0 Å². The lowest BCUT2D eigenvalue weighted by Gasteiger charge is -2.06. The molecule has 0 saturated carbocycles. The van der Waals surface area contributed by atoms with Crippen LogP contribution in [0.2, 0.25) is 0 Å². The van der Waals surface area contributed by atoms with Crippen molar-refractivity contribution in [1.82, 2.24) is 9.97 Å². The minimum Gasteiger partial charge on any atom is -0.421 e. The zero-order chi connectivity index (χ0) is 16.6. The number of aromatic nitrogens is 2. The van der Waals surface area contributed by atoms with Crippen LogP contribution in [0, 0.1) is 17.0 Å². The van der Waals surface area contributed by atoms with Gasteiger partial charge in [0, 0.05) is 29.3 Å². The van der Waals surface area contributed by atoms with Crippen LogP contribution in [0.4, 0.5) is 5.69 Å². The Morgan fingerprint density at radius 2 is 2.09 bits per heavy atom. The number of thioether (sulfide) groups is 1. The molecule has 0 amide bonds. The summed E-state index contributed by atoms with van der Waals surface area (Å²) >= 11 is 1.32. The number of hydrogen-bond donors (Lipinski definition) is 0. The van der Waals surface area contributed by atoms with Crippen LogP contribution in [-0.2, 0) is 0 Å². The zero-order valence-electron chi connectivity index (χ0n) is 12.3. The van der Waals surface area contributed by atoms with E-state index in [1.165, 1.54) is 23.9 Å². The summed E-state index contributed by atoms with van der Waals surface area (Å²) in [4.78, 5) is 30.9. The van der Waals surface area contributed by atoms with E-state index in [9.17, 15) is 14.9 Å². The van der Waals surface area contributed by atoms with Gasteiger partial charge in [0.25, 0.3) is 5.69 Å². The van der Waals surface area contributed by atoms with Crippen molar-refractivity contribution in [3.05, 3.63) is 56.6 Å². The van der Waals surface area contributed by atoms with Gasteiger partial charge in [-0.05, 0) is 24.8 Å². The van der Waals surface area contributed by atoms with Gasteiger partial charge in [-0.1, -0.05) is 17.8 Å². The number of aryl methyl sites for hydroxylation is 1. The van der Waals surface area contributed by atoms with Crippen molar-refractivity contribution in [2.24, 2.45) is 0 Å². The minimum atomic E-state index is -0.596. The number of rotatable bonds is 3. The number of hydrogen-bond acceptors (Lipinski definition) is 7. The van der Waals surface area contributed by atoms with Gasteiger partial charge in [0.2, 0.25) is 0 Å². The predicted octanol–water partition coefficient (Wildman–Crippen LogP) is 3.19. The maximum Gasteiger partial charge on any atom is 0.363 e. The van der Waals surface area contributed by atoms with Gasteiger partial charge in [-0.2, -0.15) is 0 Å². The lowest BCUT2D eigenvalue weighted by Crippen LogP contribution is -2.04. The second-order valence-electron chi connectivity index (χ2n) is 4.82. The van der Waals surface area contributed by atoms with Crippen molar-refractivity contribution in [1.29, 1.82) is 0 Å². The lowest BCUT2D eigenvalue weighted by molar-refractivity contribution is -0.384. The molecule has 2 heterocycles. The third-order valence-corrected chi connectivity index (χ3v) is 3.92. The van der Waals surface area contributed by atoms with Gasteiger partial charge >= 0.3 is 5.63 Å². The van der Waals surface area contributed by atoms with E-state index in [1.54, 1.807) is 25.3 Å². The van der Waals surface area contributed by atoms with E-state index in [0.717, 1.165) is 5.56 Å². The molecule has 0 aliphatic heterocycles. The summed E-state index contributed by atoms with van der Waals surface area (Å²) < 4.78 is 5.31. The normalized spacial score (nSPS) is 10.9. The molecule has 0 saturated heterocycles. The fraction of sp³-hybridized carbons (Fsp3) is 0.133. The summed E-state index contributed by atoms with van der Waals surface area (Å²) in [6.07, 6.45) is 3.35. The van der Waals surface area contributed by atoms with Crippen molar-refractivity contribution in [3.63, 3.8) is 0 Å². The molecule has 0 bridgehead atoms. The second kappa shape index (κ2) is 5.81. The summed E-state index contributed by atoms with van der Waals surface area (Å²) in [5.74, 6) is 0.254. The van der Waals surface area contributed by atoms with Crippen LogP contribution in [0.25, 0.3) is 22.2 Å². The molecule has 0 atom stereocenters. The predicted molar refractivity (Wildman–Crippen MR) is 86.7 cm³/mol. The minimum absolute atomic E-state index is 0.0673. The molecule has 3 aromatic rings. The quantitative estimate of drug-likeness (QED) is 0.315. The van der Waals surface area contributed by atoms with E-state index < -0.39 is 10.5 Å². The Morgan fingerprint density at radius 1 is 1.30 bits per heavy atom.